The third kappa shape index (κ3) is 6.74. The van der Waals surface area contributed by atoms with Crippen LogP contribution in [-0.2, 0) is 16.0 Å². The Balaban J connectivity index is 1.23. The lowest BCUT2D eigenvalue weighted by Gasteiger charge is -2.46. The molecule has 2 aromatic carbocycles. The quantitative estimate of drug-likeness (QED) is 0.132. The zero-order valence-corrected chi connectivity index (χ0v) is 25.3. The molecule has 1 aliphatic heterocycles. The fourth-order valence-corrected chi connectivity index (χ4v) is 5.79. The highest BCUT2D eigenvalue weighted by atomic mass is 35.5. The van der Waals surface area contributed by atoms with Crippen molar-refractivity contribution in [2.75, 3.05) is 32.0 Å². The molecule has 1 saturated carbocycles. The Morgan fingerprint density at radius 3 is 2.39 bits per heavy atom. The van der Waals surface area contributed by atoms with Crippen molar-refractivity contribution in [3.8, 4) is 17.2 Å². The van der Waals surface area contributed by atoms with E-state index < -0.39 is 32.4 Å². The van der Waals surface area contributed by atoms with Crippen LogP contribution in [0.25, 0.3) is 5.69 Å². The van der Waals surface area contributed by atoms with Crippen molar-refractivity contribution < 1.29 is 32.5 Å². The second kappa shape index (κ2) is 11.4. The maximum absolute atomic E-state index is 13.9. The molecule has 0 radical (unpaired) electrons. The second-order valence-electron chi connectivity index (χ2n) is 11.8. The monoisotopic (exact) mass is 605 g/mol. The van der Waals surface area contributed by atoms with Crippen molar-refractivity contribution in [2.45, 2.75) is 56.6 Å². The minimum Gasteiger partial charge on any atom is -0.493 e. The molecule has 0 N–H and O–H groups in total. The minimum absolute atomic E-state index is 0.0632. The van der Waals surface area contributed by atoms with Crippen molar-refractivity contribution in [3.05, 3.63) is 64.9 Å². The average Bonchev–Trinajstić information content (AvgIpc) is 3.45. The Morgan fingerprint density at radius 2 is 1.76 bits per heavy atom. The van der Waals surface area contributed by atoms with Gasteiger partial charge in [-0.3, -0.25) is 4.79 Å². The van der Waals surface area contributed by atoms with Gasteiger partial charge in [-0.05, 0) is 42.4 Å². The molecule has 41 heavy (non-hydrogen) atoms. The normalized spacial score (nSPS) is 17.3. The van der Waals surface area contributed by atoms with Crippen LogP contribution in [0.15, 0.2) is 48.7 Å². The highest BCUT2D eigenvalue weighted by Crippen LogP contribution is 2.48. The van der Waals surface area contributed by atoms with Crippen molar-refractivity contribution in [1.29, 1.82) is 0 Å². The first-order chi connectivity index (χ1) is 19.4. The van der Waals surface area contributed by atoms with Crippen molar-refractivity contribution >= 4 is 31.3 Å². The van der Waals surface area contributed by atoms with E-state index in [4.69, 9.17) is 30.5 Å². The summed E-state index contributed by atoms with van der Waals surface area (Å²) in [5.41, 5.74) is 1.43. The van der Waals surface area contributed by atoms with Crippen LogP contribution >= 0.6 is 11.6 Å². The van der Waals surface area contributed by atoms with Gasteiger partial charge in [0.15, 0.2) is 17.2 Å². The van der Waals surface area contributed by atoms with E-state index in [1.165, 1.54) is 7.11 Å². The fraction of sp³-hybridized carbons (Fsp3) is 0.448. The first kappa shape index (κ1) is 29.5. The predicted molar refractivity (Wildman–Crippen MR) is 155 cm³/mol. The largest absolute Gasteiger partial charge is 0.493 e. The maximum atomic E-state index is 13.9. The van der Waals surface area contributed by atoms with Gasteiger partial charge in [0.05, 0.1) is 19.3 Å². The first-order valence-corrected chi connectivity index (χ1v) is 17.5. The van der Waals surface area contributed by atoms with Crippen LogP contribution in [0.3, 0.4) is 0 Å². The number of amides is 1. The molecule has 8 nitrogen and oxygen atoms in total. The third-order valence-corrected chi connectivity index (χ3v) is 9.17. The van der Waals surface area contributed by atoms with Gasteiger partial charge in [-0.15, -0.1) is 0 Å². The van der Waals surface area contributed by atoms with E-state index in [0.717, 1.165) is 17.3 Å². The standard InChI is InChI=1S/C29H34ClF2N3O5Si/c1-37-25-13-23(34-14-20-15-35(33-26(20)27(34)36)22-7-5-21(30)6-8-22)9-10-24(25)39-18-28(16-29(31,32)17-28)40-19-38-11-12-41(2,3)4/h5-10,13,15H,11-12,14,16-19H2,1-4H3. The summed E-state index contributed by atoms with van der Waals surface area (Å²) >= 11 is 5.98. The third-order valence-electron chi connectivity index (χ3n) is 7.21. The van der Waals surface area contributed by atoms with Gasteiger partial charge in [0.25, 0.3) is 11.8 Å². The summed E-state index contributed by atoms with van der Waals surface area (Å²) in [5.74, 6) is -2.30. The maximum Gasteiger partial charge on any atom is 0.279 e. The van der Waals surface area contributed by atoms with Crippen molar-refractivity contribution in [1.82, 2.24) is 9.78 Å². The fourth-order valence-electron chi connectivity index (χ4n) is 4.90. The molecule has 5 rings (SSSR count). The molecular weight excluding hydrogens is 572 g/mol. The molecule has 2 aliphatic rings. The van der Waals surface area contributed by atoms with Crippen LogP contribution in [0.4, 0.5) is 14.5 Å². The number of nitrogens with zero attached hydrogens (tertiary/aromatic N) is 3. The van der Waals surface area contributed by atoms with Gasteiger partial charge >= 0.3 is 0 Å². The number of carbonyl (C=O) groups excluding carboxylic acids is 1. The number of methoxy groups -OCH3 is 1. The van der Waals surface area contributed by atoms with Crippen LogP contribution in [0.5, 0.6) is 11.5 Å². The molecule has 1 fully saturated rings. The van der Waals surface area contributed by atoms with E-state index in [1.807, 2.05) is 18.3 Å². The molecule has 1 aromatic heterocycles. The Bertz CT molecular complexity index is 1400. The number of aromatic nitrogens is 2. The number of fused-ring (bicyclic) bond motifs is 1. The summed E-state index contributed by atoms with van der Waals surface area (Å²) in [7, 11) is 0.221. The summed E-state index contributed by atoms with van der Waals surface area (Å²) in [5, 5.41) is 5.10. The van der Waals surface area contributed by atoms with Crippen molar-refractivity contribution in [2.24, 2.45) is 0 Å². The summed E-state index contributed by atoms with van der Waals surface area (Å²) in [6.07, 6.45) is 0.947. The summed E-state index contributed by atoms with van der Waals surface area (Å²) < 4.78 is 52.3. The molecule has 3 aromatic rings. The number of halogens is 3. The summed E-state index contributed by atoms with van der Waals surface area (Å²) in [6.45, 7) is 7.46. The second-order valence-corrected chi connectivity index (χ2v) is 17.9. The molecule has 0 unspecified atom stereocenters. The summed E-state index contributed by atoms with van der Waals surface area (Å²) in [4.78, 5) is 14.8. The van der Waals surface area contributed by atoms with E-state index in [1.54, 1.807) is 39.9 Å². The number of carbonyl (C=O) groups is 1. The molecular formula is C29H34ClF2N3O5Si. The Kier molecular flexibility index (Phi) is 8.17. The van der Waals surface area contributed by atoms with Gasteiger partial charge in [-0.2, -0.15) is 5.10 Å². The first-order valence-electron chi connectivity index (χ1n) is 13.4. The molecule has 0 bridgehead atoms. The minimum atomic E-state index is -2.80. The molecule has 1 amide bonds. The van der Waals surface area contributed by atoms with Gasteiger partial charge in [-0.25, -0.2) is 13.5 Å². The molecule has 220 valence electrons. The van der Waals surface area contributed by atoms with Crippen molar-refractivity contribution in [3.63, 3.8) is 0 Å². The Morgan fingerprint density at radius 1 is 1.05 bits per heavy atom. The number of benzene rings is 2. The van der Waals surface area contributed by atoms with E-state index in [0.29, 0.717) is 41.1 Å². The van der Waals surface area contributed by atoms with E-state index in [9.17, 15) is 13.6 Å². The van der Waals surface area contributed by atoms with Crippen LogP contribution in [0, 0.1) is 0 Å². The average molecular weight is 606 g/mol. The highest BCUT2D eigenvalue weighted by molar-refractivity contribution is 6.76. The van der Waals surface area contributed by atoms with E-state index in [-0.39, 0.29) is 19.3 Å². The Hall–Kier alpha value is -2.99. The molecule has 1 aliphatic carbocycles. The molecule has 0 spiro atoms. The lowest BCUT2D eigenvalue weighted by Crippen LogP contribution is -2.57. The number of hydrogen-bond acceptors (Lipinski definition) is 6. The van der Waals surface area contributed by atoms with Gasteiger partial charge in [0.1, 0.15) is 19.0 Å². The molecule has 2 heterocycles. The molecule has 0 atom stereocenters. The van der Waals surface area contributed by atoms with Gasteiger partial charge in [0, 0.05) is 56.1 Å². The van der Waals surface area contributed by atoms with Crippen LogP contribution in [-0.4, -0.2) is 62.4 Å². The van der Waals surface area contributed by atoms with E-state index in [2.05, 4.69) is 24.7 Å². The predicted octanol–water partition coefficient (Wildman–Crippen LogP) is 6.57. The lowest BCUT2D eigenvalue weighted by atomic mass is 9.77. The SMILES string of the molecule is COc1cc(N2Cc3cn(-c4ccc(Cl)cc4)nc3C2=O)ccc1OCC1(OCOCC[Si](C)(C)C)CC(F)(F)C1. The number of alkyl halides is 2. The summed E-state index contributed by atoms with van der Waals surface area (Å²) in [6, 6.07) is 13.2. The molecule has 0 saturated heterocycles. The number of rotatable bonds is 12. The van der Waals surface area contributed by atoms with Gasteiger partial charge in [-0.1, -0.05) is 31.2 Å². The zero-order valence-electron chi connectivity index (χ0n) is 23.6. The number of anilines is 1. The van der Waals surface area contributed by atoms with Crippen LogP contribution in [0.1, 0.15) is 28.9 Å². The van der Waals surface area contributed by atoms with Gasteiger partial charge in [0.2, 0.25) is 0 Å². The topological polar surface area (TPSA) is 75.1 Å². The number of ether oxygens (including phenoxy) is 4. The highest BCUT2D eigenvalue weighted by Gasteiger charge is 2.58. The smallest absolute Gasteiger partial charge is 0.279 e. The van der Waals surface area contributed by atoms with Crippen LogP contribution in [0.2, 0.25) is 30.7 Å². The number of hydrogen-bond donors (Lipinski definition) is 0. The zero-order chi connectivity index (χ0) is 29.4. The van der Waals surface area contributed by atoms with Gasteiger partial charge < -0.3 is 23.8 Å². The lowest BCUT2D eigenvalue weighted by molar-refractivity contribution is -0.264. The Labute approximate surface area is 244 Å². The molecule has 12 heteroatoms. The van der Waals surface area contributed by atoms with Crippen LogP contribution < -0.4 is 14.4 Å². The van der Waals surface area contributed by atoms with E-state index >= 15 is 0 Å².